The van der Waals surface area contributed by atoms with Crippen molar-refractivity contribution >= 4 is 11.0 Å². The molecule has 140 valence electrons. The topological polar surface area (TPSA) is 81.4 Å². The van der Waals surface area contributed by atoms with Crippen molar-refractivity contribution in [2.45, 2.75) is 45.0 Å². The zero-order valence-corrected chi connectivity index (χ0v) is 15.4. The number of epoxide rings is 1. The van der Waals surface area contributed by atoms with Crippen LogP contribution in [0.15, 0.2) is 45.1 Å². The van der Waals surface area contributed by atoms with E-state index in [1.807, 2.05) is 32.9 Å². The van der Waals surface area contributed by atoms with Gasteiger partial charge in [0.15, 0.2) is 11.3 Å². The first-order valence-electron chi connectivity index (χ1n) is 8.57. The summed E-state index contributed by atoms with van der Waals surface area (Å²) < 4.78 is 21.8. The van der Waals surface area contributed by atoms with Crippen LogP contribution in [0.3, 0.4) is 0 Å². The Kier molecular flexibility index (Phi) is 5.07. The second-order valence-corrected chi connectivity index (χ2v) is 7.04. The van der Waals surface area contributed by atoms with Gasteiger partial charge >= 0.3 is 5.63 Å². The van der Waals surface area contributed by atoms with Gasteiger partial charge in [-0.2, -0.15) is 0 Å². The molecule has 1 fully saturated rings. The number of hydrogen-bond donors (Lipinski definition) is 1. The number of aliphatic hydroxyl groups is 1. The SMILES string of the molecule is COc1c(OC/C=C(\C)CC(O)C2OC2(C)C)ccc2ccc(=O)oc12. The van der Waals surface area contributed by atoms with Gasteiger partial charge in [0.2, 0.25) is 5.75 Å². The van der Waals surface area contributed by atoms with Crippen LogP contribution in [-0.4, -0.2) is 36.6 Å². The predicted molar refractivity (Wildman–Crippen MR) is 97.9 cm³/mol. The molecule has 2 unspecified atom stereocenters. The Labute approximate surface area is 152 Å². The third kappa shape index (κ3) is 3.92. The highest BCUT2D eigenvalue weighted by atomic mass is 16.6. The third-order valence-corrected chi connectivity index (χ3v) is 4.52. The van der Waals surface area contributed by atoms with Crippen molar-refractivity contribution in [3.8, 4) is 11.5 Å². The summed E-state index contributed by atoms with van der Waals surface area (Å²) in [7, 11) is 1.50. The highest BCUT2D eigenvalue weighted by Gasteiger charge is 2.51. The summed E-state index contributed by atoms with van der Waals surface area (Å²) in [6.45, 7) is 6.19. The number of aliphatic hydroxyl groups excluding tert-OH is 1. The normalized spacial score (nSPS) is 20.0. The molecule has 0 bridgehead atoms. The van der Waals surface area contributed by atoms with E-state index in [4.69, 9.17) is 18.6 Å². The number of hydrogen-bond acceptors (Lipinski definition) is 6. The van der Waals surface area contributed by atoms with Crippen molar-refractivity contribution in [3.63, 3.8) is 0 Å². The molecule has 2 atom stereocenters. The minimum absolute atomic E-state index is 0.116. The molecule has 1 aromatic carbocycles. The Morgan fingerprint density at radius 1 is 1.35 bits per heavy atom. The maximum absolute atomic E-state index is 11.5. The highest BCUT2D eigenvalue weighted by Crippen LogP contribution is 2.39. The maximum atomic E-state index is 11.5. The number of rotatable bonds is 7. The Morgan fingerprint density at radius 3 is 2.69 bits per heavy atom. The van der Waals surface area contributed by atoms with Crippen molar-refractivity contribution < 1.29 is 23.7 Å². The van der Waals surface area contributed by atoms with E-state index in [0.29, 0.717) is 30.1 Å². The van der Waals surface area contributed by atoms with Gasteiger partial charge in [-0.15, -0.1) is 0 Å². The lowest BCUT2D eigenvalue weighted by molar-refractivity contribution is 0.135. The van der Waals surface area contributed by atoms with Gasteiger partial charge in [0.25, 0.3) is 0 Å². The van der Waals surface area contributed by atoms with Crippen LogP contribution in [0.2, 0.25) is 0 Å². The van der Waals surface area contributed by atoms with Crippen LogP contribution < -0.4 is 15.1 Å². The van der Waals surface area contributed by atoms with E-state index in [1.54, 1.807) is 12.1 Å². The molecule has 26 heavy (non-hydrogen) atoms. The van der Waals surface area contributed by atoms with Crippen LogP contribution in [0.25, 0.3) is 11.0 Å². The fourth-order valence-corrected chi connectivity index (χ4v) is 3.02. The number of benzene rings is 1. The number of fused-ring (bicyclic) bond motifs is 1. The predicted octanol–water partition coefficient (Wildman–Crippen LogP) is 3.06. The van der Waals surface area contributed by atoms with Crippen molar-refractivity contribution in [1.29, 1.82) is 0 Å². The van der Waals surface area contributed by atoms with E-state index in [2.05, 4.69) is 0 Å². The molecule has 3 rings (SSSR count). The molecule has 2 heterocycles. The first kappa shape index (κ1) is 18.5. The minimum Gasteiger partial charge on any atom is -0.490 e. The molecule has 1 N–H and O–H groups in total. The van der Waals surface area contributed by atoms with E-state index in [1.165, 1.54) is 13.2 Å². The second-order valence-electron chi connectivity index (χ2n) is 7.04. The van der Waals surface area contributed by atoms with E-state index in [0.717, 1.165) is 11.0 Å². The van der Waals surface area contributed by atoms with Crippen LogP contribution in [-0.2, 0) is 4.74 Å². The van der Waals surface area contributed by atoms with E-state index < -0.39 is 11.7 Å². The van der Waals surface area contributed by atoms with Crippen LogP contribution in [0.5, 0.6) is 11.5 Å². The van der Waals surface area contributed by atoms with Gasteiger partial charge in [0.1, 0.15) is 12.7 Å². The Hall–Kier alpha value is -2.31. The first-order chi connectivity index (χ1) is 12.3. The second kappa shape index (κ2) is 7.13. The largest absolute Gasteiger partial charge is 0.490 e. The Balaban J connectivity index is 1.66. The van der Waals surface area contributed by atoms with Crippen LogP contribution >= 0.6 is 0 Å². The van der Waals surface area contributed by atoms with Crippen LogP contribution in [0, 0.1) is 0 Å². The maximum Gasteiger partial charge on any atom is 0.336 e. The molecule has 2 aromatic rings. The number of ether oxygens (including phenoxy) is 3. The molecular weight excluding hydrogens is 336 g/mol. The van der Waals surface area contributed by atoms with Gasteiger partial charge in [-0.05, 0) is 51.5 Å². The minimum atomic E-state index is -0.522. The monoisotopic (exact) mass is 360 g/mol. The zero-order chi connectivity index (χ0) is 18.9. The molecule has 0 radical (unpaired) electrons. The molecule has 1 saturated heterocycles. The molecule has 6 heteroatoms. The fourth-order valence-electron chi connectivity index (χ4n) is 3.02. The molecular formula is C20H24O6. The standard InChI is InChI=1S/C20H24O6/c1-12(11-14(21)19-20(2,3)26-19)9-10-24-15-7-5-13-6-8-16(22)25-17(13)18(15)23-4/h5-9,14,19,21H,10-11H2,1-4H3/b12-9+. The van der Waals surface area contributed by atoms with Crippen molar-refractivity contribution in [2.75, 3.05) is 13.7 Å². The number of methoxy groups -OCH3 is 1. The molecule has 1 aromatic heterocycles. The average molecular weight is 360 g/mol. The summed E-state index contributed by atoms with van der Waals surface area (Å²) in [5.41, 5.74) is 0.693. The molecule has 0 saturated carbocycles. The van der Waals surface area contributed by atoms with Crippen LogP contribution in [0.1, 0.15) is 27.2 Å². The van der Waals surface area contributed by atoms with Gasteiger partial charge in [-0.3, -0.25) is 0 Å². The lowest BCUT2D eigenvalue weighted by atomic mass is 10.0. The highest BCUT2D eigenvalue weighted by molar-refractivity contribution is 5.85. The molecule has 1 aliphatic rings. The molecule has 0 aliphatic carbocycles. The quantitative estimate of drug-likeness (QED) is 0.464. The van der Waals surface area contributed by atoms with Crippen LogP contribution in [0.4, 0.5) is 0 Å². The zero-order valence-electron chi connectivity index (χ0n) is 15.4. The van der Waals surface area contributed by atoms with E-state index in [-0.39, 0.29) is 11.7 Å². The summed E-state index contributed by atoms with van der Waals surface area (Å²) >= 11 is 0. The molecule has 1 aliphatic heterocycles. The Bertz CT molecular complexity index is 879. The van der Waals surface area contributed by atoms with Gasteiger partial charge in [0.05, 0.1) is 18.8 Å². The van der Waals surface area contributed by atoms with Crippen molar-refractivity contribution in [3.05, 3.63) is 46.3 Å². The van der Waals surface area contributed by atoms with E-state index >= 15 is 0 Å². The molecule has 0 amide bonds. The molecule has 0 spiro atoms. The average Bonchev–Trinajstić information content (AvgIpc) is 3.23. The lowest BCUT2D eigenvalue weighted by Crippen LogP contribution is -2.20. The summed E-state index contributed by atoms with van der Waals surface area (Å²) in [6, 6.07) is 6.63. The van der Waals surface area contributed by atoms with E-state index in [9.17, 15) is 9.90 Å². The smallest absolute Gasteiger partial charge is 0.336 e. The van der Waals surface area contributed by atoms with Gasteiger partial charge in [-0.25, -0.2) is 4.79 Å². The lowest BCUT2D eigenvalue weighted by Gasteiger charge is -2.12. The van der Waals surface area contributed by atoms with Gasteiger partial charge < -0.3 is 23.7 Å². The molecule has 6 nitrogen and oxygen atoms in total. The summed E-state index contributed by atoms with van der Waals surface area (Å²) in [6.07, 6.45) is 1.80. The summed E-state index contributed by atoms with van der Waals surface area (Å²) in [5, 5.41) is 10.9. The van der Waals surface area contributed by atoms with Crippen molar-refractivity contribution in [1.82, 2.24) is 0 Å². The van der Waals surface area contributed by atoms with Gasteiger partial charge in [0, 0.05) is 11.5 Å². The summed E-state index contributed by atoms with van der Waals surface area (Å²) in [4.78, 5) is 11.5. The van der Waals surface area contributed by atoms with Crippen molar-refractivity contribution in [2.24, 2.45) is 0 Å². The Morgan fingerprint density at radius 2 is 2.04 bits per heavy atom. The fraction of sp³-hybridized carbons (Fsp3) is 0.450. The van der Waals surface area contributed by atoms with Gasteiger partial charge in [-0.1, -0.05) is 5.57 Å². The first-order valence-corrected chi connectivity index (χ1v) is 8.57. The summed E-state index contributed by atoms with van der Waals surface area (Å²) in [5.74, 6) is 0.880. The third-order valence-electron chi connectivity index (χ3n) is 4.52.